The Morgan fingerprint density at radius 3 is 2.12 bits per heavy atom. The van der Waals surface area contributed by atoms with Crippen molar-refractivity contribution in [2.75, 3.05) is 6.61 Å². The van der Waals surface area contributed by atoms with Crippen LogP contribution in [0.15, 0.2) is 4.53 Å². The van der Waals surface area contributed by atoms with Crippen molar-refractivity contribution in [3.63, 3.8) is 0 Å². The fourth-order valence-electron chi connectivity index (χ4n) is 0.220. The SMILES string of the molecule is CC(C)(C)CON=S. The molecule has 0 amide bonds. The second-order valence-corrected chi connectivity index (χ2v) is 3.06. The van der Waals surface area contributed by atoms with Crippen LogP contribution in [0.2, 0.25) is 0 Å². The molecule has 0 unspecified atom stereocenters. The molecule has 0 atom stereocenters. The van der Waals surface area contributed by atoms with Crippen LogP contribution in [0.1, 0.15) is 20.8 Å². The quantitative estimate of drug-likeness (QED) is 0.535. The summed E-state index contributed by atoms with van der Waals surface area (Å²) in [6.07, 6.45) is 0. The third-order valence-electron chi connectivity index (χ3n) is 0.550. The van der Waals surface area contributed by atoms with Gasteiger partial charge in [0.25, 0.3) is 0 Å². The molecule has 0 aromatic rings. The first-order valence-corrected chi connectivity index (χ1v) is 2.87. The maximum atomic E-state index is 4.64. The molecule has 0 aliphatic carbocycles. The van der Waals surface area contributed by atoms with E-state index in [0.29, 0.717) is 6.61 Å². The summed E-state index contributed by atoms with van der Waals surface area (Å²) in [5, 5.41) is 0. The summed E-state index contributed by atoms with van der Waals surface area (Å²) in [4.78, 5) is 4.64. The summed E-state index contributed by atoms with van der Waals surface area (Å²) in [5.41, 5.74) is 0.169. The van der Waals surface area contributed by atoms with Gasteiger partial charge < -0.3 is 4.84 Å². The highest BCUT2D eigenvalue weighted by atomic mass is 32.1. The molecular formula is C5H11NOS. The Labute approximate surface area is 55.4 Å². The first-order valence-electron chi connectivity index (χ1n) is 2.51. The van der Waals surface area contributed by atoms with Gasteiger partial charge in [-0.05, 0) is 9.94 Å². The first kappa shape index (κ1) is 7.82. The van der Waals surface area contributed by atoms with E-state index in [1.807, 2.05) is 0 Å². The second-order valence-electron chi connectivity index (χ2n) is 2.91. The van der Waals surface area contributed by atoms with E-state index in [2.05, 4.69) is 42.6 Å². The van der Waals surface area contributed by atoms with E-state index >= 15 is 0 Å². The van der Waals surface area contributed by atoms with Crippen molar-refractivity contribution in [1.29, 1.82) is 0 Å². The first-order chi connectivity index (χ1) is 3.56. The van der Waals surface area contributed by atoms with Crippen molar-refractivity contribution in [3.05, 3.63) is 0 Å². The van der Waals surface area contributed by atoms with Crippen LogP contribution in [0.4, 0.5) is 0 Å². The lowest BCUT2D eigenvalue weighted by atomic mass is 9.99. The zero-order chi connectivity index (χ0) is 6.62. The van der Waals surface area contributed by atoms with Crippen molar-refractivity contribution in [3.8, 4) is 0 Å². The van der Waals surface area contributed by atoms with Crippen LogP contribution in [0, 0.1) is 5.41 Å². The van der Waals surface area contributed by atoms with E-state index < -0.39 is 0 Å². The van der Waals surface area contributed by atoms with Crippen LogP contribution in [0.3, 0.4) is 0 Å². The third kappa shape index (κ3) is 5.82. The van der Waals surface area contributed by atoms with Crippen molar-refractivity contribution in [2.24, 2.45) is 9.94 Å². The Morgan fingerprint density at radius 2 is 2.00 bits per heavy atom. The number of hydrogen-bond donors (Lipinski definition) is 0. The molecule has 0 bridgehead atoms. The summed E-state index contributed by atoms with van der Waals surface area (Å²) >= 11 is 4.22. The molecule has 0 fully saturated rings. The normalized spacial score (nSPS) is 10.9. The molecule has 0 spiro atoms. The average Bonchev–Trinajstić information content (AvgIpc) is 1.59. The zero-order valence-electron chi connectivity index (χ0n) is 5.47. The van der Waals surface area contributed by atoms with E-state index in [1.165, 1.54) is 0 Å². The molecule has 0 aliphatic rings. The van der Waals surface area contributed by atoms with Gasteiger partial charge in [-0.15, -0.1) is 0 Å². The molecule has 0 N–H and O–H groups in total. The summed E-state index contributed by atoms with van der Waals surface area (Å²) in [5.74, 6) is 0. The van der Waals surface area contributed by atoms with Gasteiger partial charge in [0.05, 0.1) is 12.4 Å². The van der Waals surface area contributed by atoms with Gasteiger partial charge in [0.2, 0.25) is 0 Å². The molecule has 0 saturated heterocycles. The highest BCUT2D eigenvalue weighted by molar-refractivity contribution is 7.47. The van der Waals surface area contributed by atoms with Gasteiger partial charge in [-0.2, -0.15) is 0 Å². The van der Waals surface area contributed by atoms with Crippen LogP contribution in [0.25, 0.3) is 0 Å². The van der Waals surface area contributed by atoms with Gasteiger partial charge in [-0.25, -0.2) is 0 Å². The van der Waals surface area contributed by atoms with Gasteiger partial charge in [0, 0.05) is 0 Å². The Balaban J connectivity index is 3.24. The number of rotatable bonds is 2. The Morgan fingerprint density at radius 1 is 1.50 bits per heavy atom. The monoisotopic (exact) mass is 133 g/mol. The molecule has 48 valence electrons. The predicted octanol–water partition coefficient (Wildman–Crippen LogP) is 1.69. The topological polar surface area (TPSA) is 21.6 Å². The average molecular weight is 133 g/mol. The molecule has 3 heteroatoms. The van der Waals surface area contributed by atoms with Crippen LogP contribution in [-0.4, -0.2) is 6.61 Å². The van der Waals surface area contributed by atoms with Gasteiger partial charge in [0.15, 0.2) is 0 Å². The highest BCUT2D eigenvalue weighted by Gasteiger charge is 2.09. The molecular weight excluding hydrogens is 122 g/mol. The van der Waals surface area contributed by atoms with Gasteiger partial charge in [0.1, 0.15) is 6.61 Å². The molecule has 2 nitrogen and oxygen atoms in total. The minimum absolute atomic E-state index is 0.169. The van der Waals surface area contributed by atoms with Crippen molar-refractivity contribution in [2.45, 2.75) is 20.8 Å². The highest BCUT2D eigenvalue weighted by Crippen LogP contribution is 2.12. The number of hydrogen-bond acceptors (Lipinski definition) is 3. The van der Waals surface area contributed by atoms with Crippen LogP contribution >= 0.6 is 0 Å². The fraction of sp³-hybridized carbons (Fsp3) is 1.00. The van der Waals surface area contributed by atoms with E-state index in [0.717, 1.165) is 0 Å². The van der Waals surface area contributed by atoms with Crippen molar-refractivity contribution < 1.29 is 4.84 Å². The minimum atomic E-state index is 0.169. The maximum Gasteiger partial charge on any atom is 0.123 e. The summed E-state index contributed by atoms with van der Waals surface area (Å²) in [6.45, 7) is 6.78. The molecule has 0 aromatic heterocycles. The zero-order valence-corrected chi connectivity index (χ0v) is 6.29. The predicted molar refractivity (Wildman–Crippen MR) is 35.2 cm³/mol. The standard InChI is InChI=1S/C5H11NOS/c1-5(2,3)4-7-6-8/h4H2,1-3H3. The molecule has 0 radical (unpaired) electrons. The molecule has 0 aliphatic heterocycles. The fourth-order valence-corrected chi connectivity index (χ4v) is 0.273. The van der Waals surface area contributed by atoms with Gasteiger partial charge in [-0.1, -0.05) is 20.8 Å². The maximum absolute atomic E-state index is 4.64. The Hall–Kier alpha value is -0.180. The van der Waals surface area contributed by atoms with Gasteiger partial charge >= 0.3 is 0 Å². The van der Waals surface area contributed by atoms with Crippen LogP contribution in [-0.2, 0) is 17.3 Å². The van der Waals surface area contributed by atoms with Crippen LogP contribution in [0.5, 0.6) is 0 Å². The molecule has 0 saturated carbocycles. The number of nitrogens with zero attached hydrogens (tertiary/aromatic N) is 1. The second kappa shape index (κ2) is 2.97. The molecule has 8 heavy (non-hydrogen) atoms. The van der Waals surface area contributed by atoms with Crippen molar-refractivity contribution in [1.82, 2.24) is 0 Å². The lowest BCUT2D eigenvalue weighted by Crippen LogP contribution is -2.11. The largest absolute Gasteiger partial charge is 0.385 e. The summed E-state index contributed by atoms with van der Waals surface area (Å²) in [6, 6.07) is 0. The van der Waals surface area contributed by atoms with Gasteiger partial charge in [-0.3, -0.25) is 0 Å². The minimum Gasteiger partial charge on any atom is -0.385 e. The lowest BCUT2D eigenvalue weighted by Gasteiger charge is -2.14. The van der Waals surface area contributed by atoms with E-state index in [9.17, 15) is 0 Å². The summed E-state index contributed by atoms with van der Waals surface area (Å²) < 4.78 is 3.10. The molecule has 0 rings (SSSR count). The third-order valence-corrected chi connectivity index (χ3v) is 0.656. The molecule has 0 aromatic carbocycles. The lowest BCUT2D eigenvalue weighted by molar-refractivity contribution is 0.0824. The van der Waals surface area contributed by atoms with Crippen LogP contribution < -0.4 is 0 Å². The van der Waals surface area contributed by atoms with E-state index in [4.69, 9.17) is 0 Å². The smallest absolute Gasteiger partial charge is 0.123 e. The molecule has 0 heterocycles. The Kier molecular flexibility index (Phi) is 2.90. The summed E-state index contributed by atoms with van der Waals surface area (Å²) in [7, 11) is 0. The van der Waals surface area contributed by atoms with Crippen molar-refractivity contribution >= 4 is 12.4 Å². The van der Waals surface area contributed by atoms with E-state index in [-0.39, 0.29) is 5.41 Å². The van der Waals surface area contributed by atoms with E-state index in [1.54, 1.807) is 0 Å². The Bertz CT molecular complexity index is 77.0.